The van der Waals surface area contributed by atoms with Gasteiger partial charge in [0.05, 0.1) is 16.3 Å². The van der Waals surface area contributed by atoms with Crippen molar-refractivity contribution in [3.63, 3.8) is 0 Å². The number of aryl methyl sites for hydroxylation is 1. The van der Waals surface area contributed by atoms with Crippen LogP contribution >= 0.6 is 11.8 Å². The molecule has 6 nitrogen and oxygen atoms in total. The predicted octanol–water partition coefficient (Wildman–Crippen LogP) is 2.92. The van der Waals surface area contributed by atoms with E-state index in [1.165, 1.54) is 11.6 Å². The van der Waals surface area contributed by atoms with Gasteiger partial charge < -0.3 is 5.32 Å². The number of hydrogen-bond donors (Lipinski definition) is 1. The Morgan fingerprint density at radius 1 is 1.52 bits per heavy atom. The lowest BCUT2D eigenvalue weighted by Gasteiger charge is -2.09. The number of thioether (sulfide) groups is 1. The molecule has 7 heteroatoms. The third-order valence-electron chi connectivity index (χ3n) is 3.65. The Labute approximate surface area is 126 Å². The molecule has 1 N–H and O–H groups in total. The van der Waals surface area contributed by atoms with Crippen molar-refractivity contribution in [3.8, 4) is 5.69 Å². The van der Waals surface area contributed by atoms with E-state index in [9.17, 15) is 10.1 Å². The summed E-state index contributed by atoms with van der Waals surface area (Å²) >= 11 is 1.73. The first-order valence-electron chi connectivity index (χ1n) is 6.71. The molecule has 1 aromatic carbocycles. The highest BCUT2D eigenvalue weighted by Gasteiger charge is 2.24. The molecule has 0 radical (unpaired) electrons. The molecule has 1 aliphatic rings. The SMILES string of the molecule is CSCc1nn(-c2cc([N+](=O)[O-])ccc2C)c2c1CCN2. The number of nitrogens with one attached hydrogen (secondary N) is 1. The highest BCUT2D eigenvalue weighted by atomic mass is 32.2. The summed E-state index contributed by atoms with van der Waals surface area (Å²) in [5.41, 5.74) is 4.12. The minimum atomic E-state index is -0.372. The van der Waals surface area contributed by atoms with Gasteiger partial charge in [-0.1, -0.05) is 6.07 Å². The van der Waals surface area contributed by atoms with Crippen LogP contribution in [0.15, 0.2) is 18.2 Å². The normalized spacial score (nSPS) is 13.0. The summed E-state index contributed by atoms with van der Waals surface area (Å²) in [7, 11) is 0. The van der Waals surface area contributed by atoms with Gasteiger partial charge in [0.15, 0.2) is 0 Å². The van der Waals surface area contributed by atoms with E-state index < -0.39 is 0 Å². The zero-order chi connectivity index (χ0) is 15.0. The first kappa shape index (κ1) is 13.9. The summed E-state index contributed by atoms with van der Waals surface area (Å²) in [6.45, 7) is 2.83. The molecule has 1 aliphatic heterocycles. The molecular weight excluding hydrogens is 288 g/mol. The quantitative estimate of drug-likeness (QED) is 0.694. The Hall–Kier alpha value is -2.02. The van der Waals surface area contributed by atoms with Gasteiger partial charge in [0.1, 0.15) is 5.82 Å². The first-order chi connectivity index (χ1) is 10.1. The van der Waals surface area contributed by atoms with E-state index in [0.717, 1.165) is 41.5 Å². The van der Waals surface area contributed by atoms with E-state index >= 15 is 0 Å². The molecule has 2 aromatic rings. The molecule has 0 saturated carbocycles. The van der Waals surface area contributed by atoms with Crippen LogP contribution < -0.4 is 5.32 Å². The Kier molecular flexibility index (Phi) is 3.59. The Morgan fingerprint density at radius 2 is 2.33 bits per heavy atom. The van der Waals surface area contributed by atoms with Gasteiger partial charge in [0.25, 0.3) is 5.69 Å². The first-order valence-corrected chi connectivity index (χ1v) is 8.10. The van der Waals surface area contributed by atoms with Crippen LogP contribution in [0.25, 0.3) is 5.69 Å². The molecule has 0 saturated heterocycles. The van der Waals surface area contributed by atoms with Gasteiger partial charge in [0, 0.05) is 30.0 Å². The van der Waals surface area contributed by atoms with Gasteiger partial charge in [-0.2, -0.15) is 16.9 Å². The second kappa shape index (κ2) is 5.40. The summed E-state index contributed by atoms with van der Waals surface area (Å²) in [4.78, 5) is 10.6. The van der Waals surface area contributed by atoms with Crippen molar-refractivity contribution in [2.24, 2.45) is 0 Å². The average Bonchev–Trinajstić information content (AvgIpc) is 3.03. The maximum Gasteiger partial charge on any atom is 0.271 e. The van der Waals surface area contributed by atoms with Gasteiger partial charge in [-0.05, 0) is 25.2 Å². The number of anilines is 1. The molecule has 1 aromatic heterocycles. The second-order valence-corrected chi connectivity index (χ2v) is 5.89. The molecule has 21 heavy (non-hydrogen) atoms. The Balaban J connectivity index is 2.15. The lowest BCUT2D eigenvalue weighted by molar-refractivity contribution is -0.384. The number of aromatic nitrogens is 2. The molecule has 0 atom stereocenters. The van der Waals surface area contributed by atoms with Crippen molar-refractivity contribution < 1.29 is 4.92 Å². The van der Waals surface area contributed by atoms with Crippen molar-refractivity contribution in [1.29, 1.82) is 0 Å². The molecule has 0 spiro atoms. The van der Waals surface area contributed by atoms with Crippen LogP contribution in [0, 0.1) is 17.0 Å². The van der Waals surface area contributed by atoms with Crippen LogP contribution in [0.5, 0.6) is 0 Å². The molecule has 0 bridgehead atoms. The molecule has 3 rings (SSSR count). The molecule has 0 aliphatic carbocycles. The summed E-state index contributed by atoms with van der Waals surface area (Å²) in [5.74, 6) is 1.83. The number of rotatable bonds is 4. The highest BCUT2D eigenvalue weighted by molar-refractivity contribution is 7.97. The molecular formula is C14H16N4O2S. The minimum Gasteiger partial charge on any atom is -0.369 e. The summed E-state index contributed by atoms with van der Waals surface area (Å²) in [6, 6.07) is 4.88. The van der Waals surface area contributed by atoms with Crippen molar-refractivity contribution in [1.82, 2.24) is 9.78 Å². The topological polar surface area (TPSA) is 73.0 Å². The molecule has 0 amide bonds. The molecule has 0 unspecified atom stereocenters. The number of nitrogens with zero attached hydrogens (tertiary/aromatic N) is 3. The highest BCUT2D eigenvalue weighted by Crippen LogP contribution is 2.32. The Morgan fingerprint density at radius 3 is 3.05 bits per heavy atom. The van der Waals surface area contributed by atoms with Crippen LogP contribution in [-0.4, -0.2) is 27.5 Å². The second-order valence-electron chi connectivity index (χ2n) is 5.02. The van der Waals surface area contributed by atoms with Crippen molar-refractivity contribution >= 4 is 23.3 Å². The maximum absolute atomic E-state index is 11.0. The standard InChI is InChI=1S/C14H16N4O2S/c1-9-3-4-10(18(19)20)7-13(9)17-14-11(5-6-15-14)12(16-17)8-21-2/h3-4,7,15H,5-6,8H2,1-2H3. The molecule has 2 heterocycles. The van der Waals surface area contributed by atoms with E-state index in [4.69, 9.17) is 0 Å². The fourth-order valence-electron chi connectivity index (χ4n) is 2.61. The largest absolute Gasteiger partial charge is 0.369 e. The van der Waals surface area contributed by atoms with E-state index in [1.807, 2.05) is 17.9 Å². The van der Waals surface area contributed by atoms with Crippen LogP contribution in [0.2, 0.25) is 0 Å². The van der Waals surface area contributed by atoms with Crippen LogP contribution in [-0.2, 0) is 12.2 Å². The van der Waals surface area contributed by atoms with Crippen molar-refractivity contribution in [2.75, 3.05) is 18.1 Å². The Bertz CT molecular complexity index is 711. The fourth-order valence-corrected chi connectivity index (χ4v) is 3.12. The summed E-state index contributed by atoms with van der Waals surface area (Å²) < 4.78 is 1.82. The zero-order valence-electron chi connectivity index (χ0n) is 11.9. The monoisotopic (exact) mass is 304 g/mol. The summed E-state index contributed by atoms with van der Waals surface area (Å²) in [5, 5.41) is 19.0. The number of fused-ring (bicyclic) bond motifs is 1. The average molecular weight is 304 g/mol. The lowest BCUT2D eigenvalue weighted by atomic mass is 10.2. The third-order valence-corrected chi connectivity index (χ3v) is 4.21. The van der Waals surface area contributed by atoms with E-state index in [2.05, 4.69) is 10.4 Å². The smallest absolute Gasteiger partial charge is 0.271 e. The van der Waals surface area contributed by atoms with Crippen molar-refractivity contribution in [2.45, 2.75) is 19.1 Å². The number of hydrogen-bond acceptors (Lipinski definition) is 5. The van der Waals surface area contributed by atoms with Gasteiger partial charge in [0.2, 0.25) is 0 Å². The molecule has 0 fully saturated rings. The van der Waals surface area contributed by atoms with Gasteiger partial charge >= 0.3 is 0 Å². The fraction of sp³-hybridized carbons (Fsp3) is 0.357. The van der Waals surface area contributed by atoms with E-state index in [0.29, 0.717) is 0 Å². The summed E-state index contributed by atoms with van der Waals surface area (Å²) in [6.07, 6.45) is 3.01. The number of non-ortho nitro benzene ring substituents is 1. The van der Waals surface area contributed by atoms with E-state index in [-0.39, 0.29) is 10.6 Å². The minimum absolute atomic E-state index is 0.0873. The van der Waals surface area contributed by atoms with Crippen LogP contribution in [0.4, 0.5) is 11.5 Å². The van der Waals surface area contributed by atoms with Crippen LogP contribution in [0.1, 0.15) is 16.8 Å². The van der Waals surface area contributed by atoms with Gasteiger partial charge in [-0.3, -0.25) is 10.1 Å². The van der Waals surface area contributed by atoms with E-state index in [1.54, 1.807) is 23.9 Å². The molecule has 110 valence electrons. The van der Waals surface area contributed by atoms with Gasteiger partial charge in [-0.25, -0.2) is 4.68 Å². The zero-order valence-corrected chi connectivity index (χ0v) is 12.7. The lowest BCUT2D eigenvalue weighted by Crippen LogP contribution is -2.06. The third kappa shape index (κ3) is 2.37. The number of nitro groups is 1. The number of nitro benzene ring substituents is 1. The van der Waals surface area contributed by atoms with Gasteiger partial charge in [-0.15, -0.1) is 0 Å². The number of benzene rings is 1. The van der Waals surface area contributed by atoms with Crippen LogP contribution in [0.3, 0.4) is 0 Å². The van der Waals surface area contributed by atoms with Crippen molar-refractivity contribution in [3.05, 3.63) is 45.1 Å². The predicted molar refractivity (Wildman–Crippen MR) is 84.4 cm³/mol. The maximum atomic E-state index is 11.0.